The zero-order chi connectivity index (χ0) is 75.2. The number of aliphatic imine (C=N–C) groups is 2. The van der Waals surface area contributed by atoms with Gasteiger partial charge in [-0.1, -0.05) is 235 Å². The summed E-state index contributed by atoms with van der Waals surface area (Å²) >= 11 is 10.7. The third-order valence-corrected chi connectivity index (χ3v) is 31.4. The Bertz CT molecular complexity index is 3580. The molecule has 3 aromatic carbocycles. The van der Waals surface area contributed by atoms with Gasteiger partial charge in [0.05, 0.1) is 18.3 Å². The first-order valence-electron chi connectivity index (χ1n) is 42.7. The van der Waals surface area contributed by atoms with E-state index in [-0.39, 0.29) is 47.5 Å². The van der Waals surface area contributed by atoms with Gasteiger partial charge in [0.25, 0.3) is 17.7 Å². The Morgan fingerprint density at radius 2 is 0.879 bits per heavy atom. The van der Waals surface area contributed by atoms with Crippen molar-refractivity contribution in [2.75, 3.05) is 45.5 Å². The number of amides is 3. The van der Waals surface area contributed by atoms with Crippen LogP contribution < -0.4 is 16.4 Å². The first kappa shape index (κ1) is 83.7. The van der Waals surface area contributed by atoms with E-state index < -0.39 is 16.6 Å². The molecule has 15 rings (SSSR count). The Balaban J connectivity index is 0.000000154. The number of thioether (sulfide) groups is 1. The minimum atomic E-state index is -0.854. The van der Waals surface area contributed by atoms with E-state index in [4.69, 9.17) is 42.1 Å². The van der Waals surface area contributed by atoms with Gasteiger partial charge in [-0.2, -0.15) is 0 Å². The average Bonchev–Trinajstić information content (AvgIpc) is 1.59. The Labute approximate surface area is 664 Å². The van der Waals surface area contributed by atoms with Gasteiger partial charge in [-0.25, -0.2) is 9.98 Å². The average molecular weight is 1570 g/mol. The van der Waals surface area contributed by atoms with Crippen LogP contribution in [0, 0.1) is 57.7 Å². The second kappa shape index (κ2) is 36.3. The van der Waals surface area contributed by atoms with Crippen LogP contribution in [0.1, 0.15) is 299 Å². The van der Waals surface area contributed by atoms with Crippen LogP contribution in [0.3, 0.4) is 0 Å². The van der Waals surface area contributed by atoms with Gasteiger partial charge in [-0.15, -0.1) is 0 Å². The second-order valence-electron chi connectivity index (χ2n) is 35.1. The monoisotopic (exact) mass is 1570 g/mol. The van der Waals surface area contributed by atoms with E-state index in [9.17, 15) is 9.59 Å². The molecule has 6 saturated carbocycles. The standard InChI is InChI=1S/C34H52N2O2S.C28H41N3O2.C22H28N2O2S.C6H13Br.CH4/c1-6-24(7-2)22-36-31(37)34(35-32(36)39-23-25(8-3)9-4)30-20-27(13-12-26-10-11-26)14-15-28(30)21-33(34)18-16-29(38-5)17-19-33;1-4-19(5-2)18-31-25(32)28(30-26(31)29)24-16-21(9-8-20-6-7-20)10-11-22(24)17-27(28)14-12-23(33-3)13-15-27;1-26-17-8-10-21(11-9-17)13-16-7-6-15(5-4-14-2-3-14)12-18(16)22(21)19(25)23-20(27)24-22;1-3-6(4-2)5-7;/h14-15,20,24-26,29H,6-13,16-19,21-23H2,1-5H3;10-11,16,19-20,23H,4-9,12-15,17-18H2,1-3H3,(H2,29,30);6-7,12,14,17H,2-5,8-11,13H2,1H3,(H2,23,24,25,27);6H,3-5H2,1-2H3;1H4. The fraction of sp³-hybridized carbons (Fsp3) is 0.736. The third kappa shape index (κ3) is 16.9. The van der Waals surface area contributed by atoms with Gasteiger partial charge in [-0.3, -0.25) is 24.2 Å². The lowest BCUT2D eigenvalue weighted by Gasteiger charge is -2.46. The number of thiocarbonyl (C=S) groups is 1. The maximum Gasteiger partial charge on any atom is 0.262 e. The lowest BCUT2D eigenvalue weighted by atomic mass is 9.61. The zero-order valence-electron chi connectivity index (χ0n) is 67.1. The lowest BCUT2D eigenvalue weighted by molar-refractivity contribution is -0.139. The van der Waals surface area contributed by atoms with Crippen molar-refractivity contribution in [3.8, 4) is 0 Å². The summed E-state index contributed by atoms with van der Waals surface area (Å²) in [5.41, 5.74) is 15.4. The molecule has 0 radical (unpaired) electrons. The molecule has 3 atom stereocenters. The zero-order valence-corrected chi connectivity index (χ0v) is 70.3. The quantitative estimate of drug-likeness (QED) is 0.0495. The molecule has 3 aliphatic heterocycles. The topological polar surface area (TPSA) is 160 Å². The molecule has 16 heteroatoms. The Morgan fingerprint density at radius 1 is 0.514 bits per heavy atom. The fourth-order valence-electron chi connectivity index (χ4n) is 20.7. The van der Waals surface area contributed by atoms with Gasteiger partial charge in [0.15, 0.2) is 32.9 Å². The van der Waals surface area contributed by atoms with E-state index in [1.165, 1.54) is 133 Å². The van der Waals surface area contributed by atoms with Gasteiger partial charge in [0, 0.05) is 61.7 Å². The van der Waals surface area contributed by atoms with Crippen molar-refractivity contribution >= 4 is 73.9 Å². The highest BCUT2D eigenvalue weighted by Gasteiger charge is 2.69. The van der Waals surface area contributed by atoms with Crippen LogP contribution in [0.5, 0.6) is 0 Å². The Morgan fingerprint density at radius 3 is 1.24 bits per heavy atom. The molecule has 13 nitrogen and oxygen atoms in total. The number of nitrogens with zero attached hydrogens (tertiary/aromatic N) is 4. The molecule has 9 aliphatic carbocycles. The number of rotatable bonds is 27. The van der Waals surface area contributed by atoms with Crippen molar-refractivity contribution in [3.63, 3.8) is 0 Å². The summed E-state index contributed by atoms with van der Waals surface area (Å²) in [5.74, 6) is 7.17. The van der Waals surface area contributed by atoms with E-state index in [2.05, 4.69) is 141 Å². The maximum atomic E-state index is 15.0. The van der Waals surface area contributed by atoms with Crippen LogP contribution in [0.2, 0.25) is 0 Å². The molecule has 107 heavy (non-hydrogen) atoms. The number of nitrogens with one attached hydrogen (secondary N) is 2. The number of hydrogen-bond donors (Lipinski definition) is 3. The van der Waals surface area contributed by atoms with Crippen LogP contribution in [-0.4, -0.2) is 108 Å². The molecule has 0 bridgehead atoms. The number of alkyl halides is 1. The highest BCUT2D eigenvalue weighted by atomic mass is 79.9. The minimum Gasteiger partial charge on any atom is -0.381 e. The van der Waals surface area contributed by atoms with Gasteiger partial charge in [0.1, 0.15) is 0 Å². The number of halogens is 1. The summed E-state index contributed by atoms with van der Waals surface area (Å²) in [6.45, 7) is 19.5. The summed E-state index contributed by atoms with van der Waals surface area (Å²) in [5, 5.41) is 9.03. The number of amidine groups is 1. The lowest BCUT2D eigenvalue weighted by Crippen LogP contribution is -2.56. The molecule has 3 amide bonds. The van der Waals surface area contributed by atoms with E-state index in [0.717, 1.165) is 188 Å². The number of ether oxygens (including phenoxy) is 3. The van der Waals surface area contributed by atoms with Gasteiger partial charge < -0.3 is 30.6 Å². The first-order chi connectivity index (χ1) is 51.3. The molecule has 3 heterocycles. The van der Waals surface area contributed by atoms with Crippen molar-refractivity contribution in [1.29, 1.82) is 0 Å². The number of methoxy groups -OCH3 is 3. The van der Waals surface area contributed by atoms with Crippen LogP contribution >= 0.6 is 39.9 Å². The van der Waals surface area contributed by atoms with Crippen molar-refractivity contribution in [1.82, 2.24) is 20.4 Å². The van der Waals surface area contributed by atoms with E-state index >= 15 is 4.79 Å². The predicted molar refractivity (Wildman–Crippen MR) is 449 cm³/mol. The largest absolute Gasteiger partial charge is 0.381 e. The molecule has 3 aromatic rings. The number of nitrogens with two attached hydrogens (primary N) is 1. The number of carbonyl (C=O) groups excluding carboxylic acids is 3. The first-order valence-corrected chi connectivity index (χ1v) is 45.2. The van der Waals surface area contributed by atoms with E-state index in [0.29, 0.717) is 47.6 Å². The molecule has 3 unspecified atom stereocenters. The van der Waals surface area contributed by atoms with E-state index in [1.54, 1.807) is 7.11 Å². The summed E-state index contributed by atoms with van der Waals surface area (Å²) in [6.07, 6.45) is 40.3. The number of fused-ring (bicyclic) bond motifs is 9. The number of carbonyl (C=O) groups is 3. The second-order valence-corrected chi connectivity index (χ2v) is 37.1. The minimum absolute atomic E-state index is 0. The van der Waals surface area contributed by atoms with Gasteiger partial charge in [-0.05, 0) is 239 Å². The molecule has 0 aromatic heterocycles. The van der Waals surface area contributed by atoms with Crippen LogP contribution in [0.15, 0.2) is 64.6 Å². The normalized spacial score (nSPS) is 29.4. The number of aryl methyl sites for hydroxylation is 3. The highest BCUT2D eigenvalue weighted by Crippen LogP contribution is 2.65. The SMILES string of the molecule is C.CCC(CC)CBr.CCC(CC)CN1C(=O)C2(N=C1N)c1cc(CCC3CC3)ccc1CC21CCC(OC)CC1.CCC(CC)CSC1=NC2(C(=O)N1CC(CC)CC)c1cc(CCC3CC3)ccc1CC21CCC(OC)CC1.COC1CCC2(CC1)Cc1ccc(CCC3CC3)cc1C21NC(=S)NC1=O. The maximum absolute atomic E-state index is 15.0. The fourth-order valence-corrected chi connectivity index (χ4v) is 23.2. The van der Waals surface area contributed by atoms with Crippen molar-refractivity contribution in [2.24, 2.45) is 73.4 Å². The summed E-state index contributed by atoms with van der Waals surface area (Å²) in [4.78, 5) is 57.5. The molecule has 7 fully saturated rings. The molecule has 4 N–H and O–H groups in total. The van der Waals surface area contributed by atoms with E-state index in [1.807, 2.05) is 30.9 Å². The molecule has 6 spiro atoms. The number of guanidine groups is 1. The van der Waals surface area contributed by atoms with Crippen LogP contribution in [-0.2, 0) is 83.7 Å². The molecule has 592 valence electrons. The summed E-state index contributed by atoms with van der Waals surface area (Å²) in [6, 6.07) is 20.9. The van der Waals surface area contributed by atoms with Gasteiger partial charge in [0.2, 0.25) is 0 Å². The molecular formula is C91H138BrN7O6S2. The summed E-state index contributed by atoms with van der Waals surface area (Å²) in [7, 11) is 5.45. The molecular weight excluding hydrogens is 1430 g/mol. The molecule has 1 saturated heterocycles. The van der Waals surface area contributed by atoms with Crippen molar-refractivity contribution in [3.05, 3.63) is 105 Å². The Hall–Kier alpha value is -4.19. The van der Waals surface area contributed by atoms with Crippen LogP contribution in [0.25, 0.3) is 0 Å². The molecule has 12 aliphatic rings. The highest BCUT2D eigenvalue weighted by molar-refractivity contribution is 9.09. The third-order valence-electron chi connectivity index (χ3n) is 29.1. The van der Waals surface area contributed by atoms with Crippen LogP contribution in [0.4, 0.5) is 0 Å². The number of benzene rings is 3. The predicted octanol–water partition coefficient (Wildman–Crippen LogP) is 19.9. The number of hydrogen-bond acceptors (Lipinski definition) is 11. The Kier molecular flexibility index (Phi) is 28.4. The van der Waals surface area contributed by atoms with Crippen molar-refractivity contribution in [2.45, 2.75) is 322 Å². The summed E-state index contributed by atoms with van der Waals surface area (Å²) < 4.78 is 17.1. The van der Waals surface area contributed by atoms with Crippen molar-refractivity contribution < 1.29 is 28.6 Å². The smallest absolute Gasteiger partial charge is 0.262 e. The van der Waals surface area contributed by atoms with Gasteiger partial charge >= 0.3 is 0 Å².